The van der Waals surface area contributed by atoms with E-state index in [1.807, 2.05) is 19.1 Å². The number of ether oxygens (including phenoxy) is 1. The summed E-state index contributed by atoms with van der Waals surface area (Å²) in [6.07, 6.45) is 1.55. The molecule has 3 N–H and O–H groups in total. The normalized spacial score (nSPS) is 14.9. The average molecular weight is 209 g/mol. The number of nitrogens with two attached hydrogens (primary N) is 1. The van der Waals surface area contributed by atoms with Crippen LogP contribution in [0.15, 0.2) is 24.3 Å². The van der Waals surface area contributed by atoms with Crippen molar-refractivity contribution >= 4 is 0 Å². The fourth-order valence-corrected chi connectivity index (χ4v) is 1.56. The van der Waals surface area contributed by atoms with Crippen molar-refractivity contribution in [3.8, 4) is 5.75 Å². The minimum atomic E-state index is -0.288. The molecule has 84 valence electrons. The lowest BCUT2D eigenvalue weighted by Gasteiger charge is -2.24. The van der Waals surface area contributed by atoms with Gasteiger partial charge in [-0.1, -0.05) is 12.1 Å². The van der Waals surface area contributed by atoms with E-state index in [0.717, 1.165) is 18.4 Å². The number of phenols is 1. The van der Waals surface area contributed by atoms with Gasteiger partial charge in [-0.3, -0.25) is 0 Å². The zero-order chi connectivity index (χ0) is 11.3. The molecule has 0 aliphatic rings. The predicted molar refractivity (Wildman–Crippen MR) is 60.9 cm³/mol. The Bertz CT molecular complexity index is 310. The first kappa shape index (κ1) is 12.0. The van der Waals surface area contributed by atoms with E-state index in [1.54, 1.807) is 19.2 Å². The molecule has 0 aromatic heterocycles. The molecule has 15 heavy (non-hydrogen) atoms. The summed E-state index contributed by atoms with van der Waals surface area (Å²) in [4.78, 5) is 0. The fourth-order valence-electron chi connectivity index (χ4n) is 1.56. The monoisotopic (exact) mass is 209 g/mol. The van der Waals surface area contributed by atoms with Crippen molar-refractivity contribution in [2.75, 3.05) is 13.7 Å². The molecular formula is C12H19NO2. The van der Waals surface area contributed by atoms with Gasteiger partial charge in [-0.25, -0.2) is 0 Å². The summed E-state index contributed by atoms with van der Waals surface area (Å²) in [7, 11) is 1.67. The van der Waals surface area contributed by atoms with Crippen LogP contribution in [-0.2, 0) is 11.2 Å². The maximum absolute atomic E-state index is 9.32. The zero-order valence-corrected chi connectivity index (χ0v) is 9.36. The van der Waals surface area contributed by atoms with Crippen LogP contribution in [0.25, 0.3) is 0 Å². The smallest absolute Gasteiger partial charge is 0.115 e. The quantitative estimate of drug-likeness (QED) is 0.776. The van der Waals surface area contributed by atoms with Crippen LogP contribution in [0.2, 0.25) is 0 Å². The van der Waals surface area contributed by atoms with E-state index in [9.17, 15) is 5.11 Å². The van der Waals surface area contributed by atoms with Crippen LogP contribution in [-0.4, -0.2) is 24.4 Å². The summed E-state index contributed by atoms with van der Waals surface area (Å²) in [6, 6.07) is 7.21. The van der Waals surface area contributed by atoms with Gasteiger partial charge in [0.25, 0.3) is 0 Å². The summed E-state index contributed by atoms with van der Waals surface area (Å²) in [5, 5.41) is 9.32. The van der Waals surface area contributed by atoms with Crippen LogP contribution >= 0.6 is 0 Å². The minimum Gasteiger partial charge on any atom is -0.508 e. The summed E-state index contributed by atoms with van der Waals surface area (Å²) in [5.41, 5.74) is 6.89. The first-order valence-corrected chi connectivity index (χ1v) is 5.09. The average Bonchev–Trinajstić information content (AvgIpc) is 2.14. The summed E-state index contributed by atoms with van der Waals surface area (Å²) in [6.45, 7) is 2.65. The summed E-state index contributed by atoms with van der Waals surface area (Å²) >= 11 is 0. The van der Waals surface area contributed by atoms with Gasteiger partial charge in [-0.2, -0.15) is 0 Å². The first-order chi connectivity index (χ1) is 7.03. The highest BCUT2D eigenvalue weighted by Gasteiger charge is 2.18. The van der Waals surface area contributed by atoms with Crippen LogP contribution in [0.4, 0.5) is 0 Å². The Hall–Kier alpha value is -1.06. The van der Waals surface area contributed by atoms with Gasteiger partial charge in [0.05, 0.1) is 0 Å². The topological polar surface area (TPSA) is 55.5 Å². The Kier molecular flexibility index (Phi) is 4.12. The van der Waals surface area contributed by atoms with Gasteiger partial charge in [0.2, 0.25) is 0 Å². The van der Waals surface area contributed by atoms with Crippen molar-refractivity contribution in [3.63, 3.8) is 0 Å². The number of rotatable bonds is 5. The van der Waals surface area contributed by atoms with Crippen molar-refractivity contribution in [2.24, 2.45) is 5.73 Å². The first-order valence-electron chi connectivity index (χ1n) is 5.09. The highest BCUT2D eigenvalue weighted by atomic mass is 16.5. The maximum atomic E-state index is 9.32. The molecule has 0 bridgehead atoms. The molecule has 0 heterocycles. The molecule has 1 unspecified atom stereocenters. The van der Waals surface area contributed by atoms with E-state index in [4.69, 9.17) is 10.5 Å². The molecule has 1 aromatic carbocycles. The second-order valence-electron chi connectivity index (χ2n) is 4.24. The van der Waals surface area contributed by atoms with Gasteiger partial charge in [-0.05, 0) is 37.5 Å². The lowest BCUT2D eigenvalue weighted by atomic mass is 9.91. The van der Waals surface area contributed by atoms with Crippen molar-refractivity contribution in [1.82, 2.24) is 0 Å². The highest BCUT2D eigenvalue weighted by Crippen LogP contribution is 2.18. The lowest BCUT2D eigenvalue weighted by molar-refractivity contribution is 0.171. The molecule has 1 rings (SSSR count). The third kappa shape index (κ3) is 4.32. The standard InChI is InChI=1S/C12H19NO2/c1-12(13,6-7-15-2)9-10-4-3-5-11(14)8-10/h3-5,8,14H,6-7,9,13H2,1-2H3. The third-order valence-electron chi connectivity index (χ3n) is 2.40. The van der Waals surface area contributed by atoms with E-state index in [0.29, 0.717) is 6.61 Å². The fraction of sp³-hybridized carbons (Fsp3) is 0.500. The largest absolute Gasteiger partial charge is 0.508 e. The van der Waals surface area contributed by atoms with Gasteiger partial charge in [0.1, 0.15) is 5.75 Å². The molecule has 3 heteroatoms. The second-order valence-corrected chi connectivity index (χ2v) is 4.24. The Morgan fingerprint density at radius 3 is 2.80 bits per heavy atom. The van der Waals surface area contributed by atoms with Gasteiger partial charge in [0.15, 0.2) is 0 Å². The molecule has 0 saturated carbocycles. The van der Waals surface area contributed by atoms with Crippen LogP contribution in [0.1, 0.15) is 18.9 Å². The van der Waals surface area contributed by atoms with E-state index in [-0.39, 0.29) is 11.3 Å². The Labute approximate surface area is 90.9 Å². The molecule has 0 aliphatic carbocycles. The van der Waals surface area contributed by atoms with Crippen molar-refractivity contribution in [3.05, 3.63) is 29.8 Å². The third-order valence-corrected chi connectivity index (χ3v) is 2.40. The molecular weight excluding hydrogens is 190 g/mol. The lowest BCUT2D eigenvalue weighted by Crippen LogP contribution is -2.39. The van der Waals surface area contributed by atoms with E-state index in [1.165, 1.54) is 0 Å². The molecule has 0 fully saturated rings. The van der Waals surface area contributed by atoms with Gasteiger partial charge < -0.3 is 15.6 Å². The minimum absolute atomic E-state index is 0.287. The van der Waals surface area contributed by atoms with Gasteiger partial charge in [0, 0.05) is 19.3 Å². The Balaban J connectivity index is 2.60. The van der Waals surface area contributed by atoms with Crippen molar-refractivity contribution < 1.29 is 9.84 Å². The van der Waals surface area contributed by atoms with Gasteiger partial charge in [-0.15, -0.1) is 0 Å². The van der Waals surface area contributed by atoms with Crippen molar-refractivity contribution in [2.45, 2.75) is 25.3 Å². The molecule has 0 spiro atoms. The molecule has 0 radical (unpaired) electrons. The number of phenolic OH excluding ortho intramolecular Hbond substituents is 1. The Morgan fingerprint density at radius 1 is 1.47 bits per heavy atom. The maximum Gasteiger partial charge on any atom is 0.115 e. The highest BCUT2D eigenvalue weighted by molar-refractivity contribution is 5.28. The van der Waals surface area contributed by atoms with Crippen LogP contribution in [0.3, 0.4) is 0 Å². The molecule has 1 aromatic rings. The summed E-state index contributed by atoms with van der Waals surface area (Å²) < 4.78 is 5.01. The number of hydrogen-bond acceptors (Lipinski definition) is 3. The molecule has 0 saturated heterocycles. The van der Waals surface area contributed by atoms with E-state index < -0.39 is 0 Å². The molecule has 1 atom stereocenters. The number of hydrogen-bond donors (Lipinski definition) is 2. The zero-order valence-electron chi connectivity index (χ0n) is 9.36. The Morgan fingerprint density at radius 2 is 2.20 bits per heavy atom. The van der Waals surface area contributed by atoms with E-state index in [2.05, 4.69) is 0 Å². The second kappa shape index (κ2) is 5.14. The van der Waals surface area contributed by atoms with Crippen LogP contribution in [0.5, 0.6) is 5.75 Å². The van der Waals surface area contributed by atoms with Crippen LogP contribution < -0.4 is 5.73 Å². The van der Waals surface area contributed by atoms with E-state index >= 15 is 0 Å². The number of benzene rings is 1. The summed E-state index contributed by atoms with van der Waals surface area (Å²) in [5.74, 6) is 0.287. The van der Waals surface area contributed by atoms with Crippen molar-refractivity contribution in [1.29, 1.82) is 0 Å². The van der Waals surface area contributed by atoms with Crippen LogP contribution in [0, 0.1) is 0 Å². The SMILES string of the molecule is COCCC(C)(N)Cc1cccc(O)c1. The number of aromatic hydroxyl groups is 1. The molecule has 0 amide bonds. The molecule has 3 nitrogen and oxygen atoms in total. The predicted octanol–water partition coefficient (Wildman–Crippen LogP) is 1.69. The number of methoxy groups -OCH3 is 1. The van der Waals surface area contributed by atoms with Gasteiger partial charge >= 0.3 is 0 Å². The molecule has 0 aliphatic heterocycles.